The standard InChI is InChI=1S/C19H27N3O3S/c1-13(2)22-18(25)15(16(23)14-7-12-26-19(14)22)17(24)20-8-6-11-21-9-4-3-5-10-21/h7,12-13,23H,3-6,8-11H2,1-2H3,(H,20,24)/i1D3,3D2,7D,8D2,11D2,12D,13D/hD. The second-order valence-corrected chi connectivity index (χ2v) is 6.40. The van der Waals surface area contributed by atoms with Crippen LogP contribution < -0.4 is 10.9 Å². The van der Waals surface area contributed by atoms with Gasteiger partial charge in [0.1, 0.15) is 16.1 Å². The Morgan fingerprint density at radius 2 is 2.42 bits per heavy atom. The molecule has 1 fully saturated rings. The minimum atomic E-state index is -3.18. The number of carbonyl (C=O) groups is 1. The van der Waals surface area contributed by atoms with E-state index in [2.05, 4.69) is 0 Å². The number of aromatic nitrogens is 1. The molecular formula is C19H27N3O3S. The fourth-order valence-electron chi connectivity index (χ4n) is 2.61. The van der Waals surface area contributed by atoms with E-state index in [0.29, 0.717) is 15.9 Å². The van der Waals surface area contributed by atoms with Gasteiger partial charge in [-0.15, -0.1) is 11.3 Å². The number of nitrogens with one attached hydrogen (secondary N) is 1. The number of nitrogens with zero attached hydrogens (tertiary/aromatic N) is 2. The van der Waals surface area contributed by atoms with Gasteiger partial charge in [-0.05, 0) is 64.0 Å². The third-order valence-electron chi connectivity index (χ3n) is 3.86. The summed E-state index contributed by atoms with van der Waals surface area (Å²) in [6.45, 7) is -8.00. The summed E-state index contributed by atoms with van der Waals surface area (Å²) in [5, 5.41) is 9.33. The summed E-state index contributed by atoms with van der Waals surface area (Å²) in [6, 6.07) is -3.45. The fourth-order valence-corrected chi connectivity index (χ4v) is 3.42. The monoisotopic (exact) mass is 390 g/mol. The van der Waals surface area contributed by atoms with Crippen molar-refractivity contribution >= 4 is 27.5 Å². The van der Waals surface area contributed by atoms with Gasteiger partial charge in [0, 0.05) is 24.9 Å². The van der Waals surface area contributed by atoms with Crippen LogP contribution in [0.15, 0.2) is 16.2 Å². The van der Waals surface area contributed by atoms with Gasteiger partial charge in [-0.2, -0.15) is 0 Å². The van der Waals surface area contributed by atoms with E-state index in [4.69, 9.17) is 17.9 Å². The minimum absolute atomic E-state index is 0.0179. The molecule has 0 aromatic carbocycles. The van der Waals surface area contributed by atoms with E-state index in [1.165, 1.54) is 4.90 Å². The van der Waals surface area contributed by atoms with Gasteiger partial charge in [-0.3, -0.25) is 14.2 Å². The fraction of sp³-hybridized carbons (Fsp3) is 0.579. The van der Waals surface area contributed by atoms with Crippen molar-refractivity contribution in [2.45, 2.75) is 45.4 Å². The van der Waals surface area contributed by atoms with Crippen LogP contribution in [0.25, 0.3) is 10.2 Å². The predicted molar refractivity (Wildman–Crippen MR) is 105 cm³/mol. The number of hydrogen-bond donors (Lipinski definition) is 2. The lowest BCUT2D eigenvalue weighted by Crippen LogP contribution is -2.36. The Morgan fingerprint density at radius 1 is 1.65 bits per heavy atom. The summed E-state index contributed by atoms with van der Waals surface area (Å²) < 4.78 is 105. The van der Waals surface area contributed by atoms with Crippen molar-refractivity contribution in [1.29, 1.82) is 0 Å². The largest absolute Gasteiger partial charge is 0.506 e. The van der Waals surface area contributed by atoms with Crippen LogP contribution in [-0.4, -0.2) is 46.6 Å². The van der Waals surface area contributed by atoms with Crippen LogP contribution in [0.2, 0.25) is 1.41 Å². The molecule has 1 atom stereocenters. The Bertz CT molecular complexity index is 1340. The van der Waals surface area contributed by atoms with Crippen LogP contribution >= 0.6 is 11.3 Å². The highest BCUT2D eigenvalue weighted by atomic mass is 32.1. The summed E-state index contributed by atoms with van der Waals surface area (Å²) in [5.41, 5.74) is -2.86. The molecule has 1 aliphatic heterocycles. The number of aromatic hydroxyl groups is 1. The second kappa shape index (κ2) is 8.22. The van der Waals surface area contributed by atoms with E-state index in [1.54, 1.807) is 0 Å². The summed E-state index contributed by atoms with van der Waals surface area (Å²) in [5.74, 6) is -2.96. The number of thiophene rings is 1. The summed E-state index contributed by atoms with van der Waals surface area (Å²) in [4.78, 5) is 27.5. The molecule has 26 heavy (non-hydrogen) atoms. The van der Waals surface area contributed by atoms with E-state index < -0.39 is 83.1 Å². The Kier molecular flexibility index (Phi) is 2.67. The van der Waals surface area contributed by atoms with Gasteiger partial charge < -0.3 is 15.3 Å². The van der Waals surface area contributed by atoms with Crippen molar-refractivity contribution in [3.8, 4) is 5.75 Å². The number of rotatable bonds is 6. The molecule has 2 aromatic heterocycles. The molecule has 1 unspecified atom stereocenters. The first-order valence-corrected chi connectivity index (χ1v) is 8.74. The zero-order valence-electron chi connectivity index (χ0n) is 27.0. The molecule has 2 aromatic rings. The van der Waals surface area contributed by atoms with Crippen molar-refractivity contribution in [2.24, 2.45) is 0 Å². The Labute approximate surface area is 175 Å². The van der Waals surface area contributed by atoms with Crippen molar-refractivity contribution in [3.05, 3.63) is 27.3 Å². The lowest BCUT2D eigenvalue weighted by Gasteiger charge is -2.26. The molecule has 2 N–H and O–H groups in total. The molecule has 1 saturated heterocycles. The zero-order chi connectivity index (χ0) is 30.1. The topological polar surface area (TPSA) is 74.6 Å². The van der Waals surface area contributed by atoms with Gasteiger partial charge in [0.05, 0.1) is 9.50 Å². The van der Waals surface area contributed by atoms with E-state index in [1.807, 2.05) is 0 Å². The van der Waals surface area contributed by atoms with Crippen LogP contribution in [0.4, 0.5) is 0 Å². The van der Waals surface area contributed by atoms with Crippen molar-refractivity contribution in [2.75, 3.05) is 26.1 Å². The number of piperidine rings is 1. The summed E-state index contributed by atoms with van der Waals surface area (Å²) >= 11 is 0.419. The Hall–Kier alpha value is -1.86. The molecule has 3 rings (SSSR count). The van der Waals surface area contributed by atoms with E-state index >= 15 is 0 Å². The molecule has 6 nitrogen and oxygen atoms in total. The van der Waals surface area contributed by atoms with Crippen LogP contribution in [-0.2, 0) is 0 Å². The molecule has 1 amide bonds. The number of hydrogen-bond acceptors (Lipinski definition) is 5. The lowest BCUT2D eigenvalue weighted by molar-refractivity contribution is 0.0946. The van der Waals surface area contributed by atoms with Crippen molar-refractivity contribution in [3.63, 3.8) is 0 Å². The molecule has 0 radical (unpaired) electrons. The number of amides is 1. The minimum Gasteiger partial charge on any atom is -0.506 e. The van der Waals surface area contributed by atoms with E-state index in [9.17, 15) is 14.7 Å². The number of fused-ring (bicyclic) bond motifs is 1. The third-order valence-corrected chi connectivity index (χ3v) is 4.64. The molecule has 0 aliphatic carbocycles. The zero-order valence-corrected chi connectivity index (χ0v) is 14.9. The molecule has 0 bridgehead atoms. The first kappa shape index (κ1) is 8.44. The molecule has 1 aliphatic rings. The SMILES string of the molecule is [2H]c1sc2c(c1[2H])c(O)c(C(=O)N([2H])C([2H])([2H])CC([2H])([2H])N1CCC([2H])([2H])CC1)c(=O)n2C([2H])(C)C([2H])([2H])[2H]. The van der Waals surface area contributed by atoms with Crippen LogP contribution in [0, 0.1) is 0 Å². The average Bonchev–Trinajstić information content (AvgIpc) is 3.05. The highest BCUT2D eigenvalue weighted by Crippen LogP contribution is 2.31. The predicted octanol–water partition coefficient (Wildman–Crippen LogP) is 2.96. The quantitative estimate of drug-likeness (QED) is 0.795. The highest BCUT2D eigenvalue weighted by Gasteiger charge is 2.23. The maximum absolute atomic E-state index is 13.4. The summed E-state index contributed by atoms with van der Waals surface area (Å²) in [6.07, 6.45) is -2.65. The van der Waals surface area contributed by atoms with E-state index in [0.717, 1.165) is 6.92 Å². The number of carbonyl (C=O) groups excluding carboxylic acids is 1. The second-order valence-electron chi connectivity index (χ2n) is 5.61. The third kappa shape index (κ3) is 3.78. The van der Waals surface area contributed by atoms with E-state index in [-0.39, 0.29) is 31.2 Å². The number of likely N-dealkylation sites (tertiary alicyclic amines) is 1. The Morgan fingerprint density at radius 3 is 3.15 bits per heavy atom. The molecule has 0 saturated carbocycles. The van der Waals surface area contributed by atoms with Crippen molar-refractivity contribution in [1.82, 2.24) is 14.8 Å². The van der Waals surface area contributed by atoms with Crippen LogP contribution in [0.1, 0.15) is 72.2 Å². The molecule has 7 heteroatoms. The van der Waals surface area contributed by atoms with Crippen LogP contribution in [0.3, 0.4) is 0 Å². The van der Waals surface area contributed by atoms with Gasteiger partial charge in [-0.25, -0.2) is 0 Å². The molecule has 142 valence electrons. The van der Waals surface area contributed by atoms with Crippen molar-refractivity contribution < 1.29 is 27.8 Å². The normalized spacial score (nSPS) is 28.7. The molecular weight excluding hydrogens is 350 g/mol. The van der Waals surface area contributed by atoms with Gasteiger partial charge >= 0.3 is 0 Å². The molecule has 0 spiro atoms. The van der Waals surface area contributed by atoms with Gasteiger partial charge in [0.15, 0.2) is 1.41 Å². The van der Waals surface area contributed by atoms with Gasteiger partial charge in [0.2, 0.25) is 0 Å². The maximum atomic E-state index is 13.4. The first-order valence-electron chi connectivity index (χ1n) is 14.4. The first-order chi connectivity index (χ1) is 17.5. The highest BCUT2D eigenvalue weighted by molar-refractivity contribution is 7.16. The Balaban J connectivity index is 2.10. The summed E-state index contributed by atoms with van der Waals surface area (Å²) in [7, 11) is 0. The maximum Gasteiger partial charge on any atom is 0.268 e. The van der Waals surface area contributed by atoms with Gasteiger partial charge in [-0.1, -0.05) is 6.37 Å². The smallest absolute Gasteiger partial charge is 0.268 e. The molecule has 3 heterocycles. The lowest BCUT2D eigenvalue weighted by atomic mass is 10.1. The van der Waals surface area contributed by atoms with Gasteiger partial charge in [0.25, 0.3) is 11.5 Å². The average molecular weight is 391 g/mol. The van der Waals surface area contributed by atoms with Crippen LogP contribution in [0.5, 0.6) is 5.75 Å². The number of pyridine rings is 1.